The van der Waals surface area contributed by atoms with Crippen LogP contribution in [-0.2, 0) is 16.6 Å². The Hall–Kier alpha value is -2.10. The van der Waals surface area contributed by atoms with Crippen molar-refractivity contribution in [3.63, 3.8) is 0 Å². The average Bonchev–Trinajstić information content (AvgIpc) is 2.61. The highest BCUT2D eigenvalue weighted by Crippen LogP contribution is 2.46. The molecule has 0 aromatic heterocycles. The molecule has 4 rings (SSSR count). The first kappa shape index (κ1) is 17.3. The number of fused-ring (bicyclic) bond motifs is 3. The van der Waals surface area contributed by atoms with E-state index in [1.165, 1.54) is 21.9 Å². The van der Waals surface area contributed by atoms with Crippen molar-refractivity contribution in [1.82, 2.24) is 0 Å². The van der Waals surface area contributed by atoms with E-state index in [9.17, 15) is 0 Å². The molecule has 0 saturated heterocycles. The van der Waals surface area contributed by atoms with Gasteiger partial charge < -0.3 is 9.16 Å². The fourth-order valence-corrected chi connectivity index (χ4v) is 5.22. The molecular formula is C23H26O2Si. The Balaban J connectivity index is 1.87. The number of ether oxygens (including phenoxy) is 1. The van der Waals surface area contributed by atoms with Crippen LogP contribution in [0, 0.1) is 6.92 Å². The highest BCUT2D eigenvalue weighted by atomic mass is 28.4. The van der Waals surface area contributed by atoms with Gasteiger partial charge in [-0.1, -0.05) is 54.6 Å². The van der Waals surface area contributed by atoms with Crippen molar-refractivity contribution in [1.29, 1.82) is 0 Å². The van der Waals surface area contributed by atoms with E-state index in [1.807, 2.05) is 6.07 Å². The van der Waals surface area contributed by atoms with Crippen LogP contribution >= 0.6 is 0 Å². The van der Waals surface area contributed by atoms with Gasteiger partial charge in [0.05, 0.1) is 0 Å². The molecule has 1 unspecified atom stereocenters. The van der Waals surface area contributed by atoms with Crippen LogP contribution in [0.3, 0.4) is 0 Å². The summed E-state index contributed by atoms with van der Waals surface area (Å²) >= 11 is 0. The van der Waals surface area contributed by atoms with Crippen molar-refractivity contribution in [3.05, 3.63) is 77.4 Å². The molecule has 1 heterocycles. The number of aryl methyl sites for hydroxylation is 2. The van der Waals surface area contributed by atoms with Crippen LogP contribution in [0.4, 0.5) is 0 Å². The third-order valence-electron chi connectivity index (χ3n) is 4.95. The summed E-state index contributed by atoms with van der Waals surface area (Å²) in [7, 11) is -1.82. The Kier molecular flexibility index (Phi) is 4.17. The van der Waals surface area contributed by atoms with Crippen LogP contribution in [0.1, 0.15) is 23.1 Å². The van der Waals surface area contributed by atoms with E-state index in [0.717, 1.165) is 24.2 Å². The van der Waals surface area contributed by atoms with E-state index in [-0.39, 0.29) is 0 Å². The predicted octanol–water partition coefficient (Wildman–Crippen LogP) is 6.18. The number of hydrogen-bond donors (Lipinski definition) is 0. The number of hydrogen-bond acceptors (Lipinski definition) is 2. The molecule has 0 bridgehead atoms. The van der Waals surface area contributed by atoms with Gasteiger partial charge in [-0.15, -0.1) is 0 Å². The minimum atomic E-state index is -1.82. The molecule has 134 valence electrons. The van der Waals surface area contributed by atoms with Crippen LogP contribution < -0.4 is 4.74 Å². The Bertz CT molecular complexity index is 944. The van der Waals surface area contributed by atoms with Crippen molar-refractivity contribution in [2.75, 3.05) is 0 Å². The van der Waals surface area contributed by atoms with E-state index in [1.54, 1.807) is 0 Å². The smallest absolute Gasteiger partial charge is 0.228 e. The Morgan fingerprint density at radius 1 is 0.962 bits per heavy atom. The molecule has 0 radical (unpaired) electrons. The molecule has 0 spiro atoms. The summed E-state index contributed by atoms with van der Waals surface area (Å²) in [5.74, 6) is 0.309. The van der Waals surface area contributed by atoms with Gasteiger partial charge >= 0.3 is 0 Å². The molecule has 3 aromatic rings. The molecule has 26 heavy (non-hydrogen) atoms. The van der Waals surface area contributed by atoms with Gasteiger partial charge in [-0.3, -0.25) is 0 Å². The van der Waals surface area contributed by atoms with Crippen LogP contribution in [0.2, 0.25) is 19.6 Å². The van der Waals surface area contributed by atoms with E-state index in [4.69, 9.17) is 9.16 Å². The highest BCUT2D eigenvalue weighted by molar-refractivity contribution is 6.69. The van der Waals surface area contributed by atoms with Crippen molar-refractivity contribution >= 4 is 19.1 Å². The van der Waals surface area contributed by atoms with Gasteiger partial charge in [0.1, 0.15) is 5.75 Å². The molecule has 1 aliphatic rings. The molecule has 0 fully saturated rings. The second kappa shape index (κ2) is 6.25. The zero-order valence-electron chi connectivity index (χ0n) is 16.0. The molecule has 0 amide bonds. The summed E-state index contributed by atoms with van der Waals surface area (Å²) in [6.45, 7) is 8.82. The average molecular weight is 363 g/mol. The van der Waals surface area contributed by atoms with Gasteiger partial charge in [0, 0.05) is 17.5 Å². The zero-order chi connectivity index (χ0) is 18.4. The van der Waals surface area contributed by atoms with Crippen LogP contribution in [0.15, 0.2) is 60.7 Å². The molecule has 0 saturated carbocycles. The second-order valence-electron chi connectivity index (χ2n) is 8.16. The van der Waals surface area contributed by atoms with Crippen LogP contribution in [0.25, 0.3) is 10.8 Å². The molecule has 0 aliphatic carbocycles. The summed E-state index contributed by atoms with van der Waals surface area (Å²) in [4.78, 5) is 0. The molecule has 3 heteroatoms. The van der Waals surface area contributed by atoms with Gasteiger partial charge in [0.2, 0.25) is 5.79 Å². The largest absolute Gasteiger partial charge is 0.458 e. The van der Waals surface area contributed by atoms with Gasteiger partial charge in [-0.2, -0.15) is 0 Å². The zero-order valence-corrected chi connectivity index (χ0v) is 17.0. The molecule has 0 N–H and O–H groups in total. The number of rotatable bonds is 3. The standard InChI is InChI=1S/C23H26O2Si/c1-17-16-18-10-8-9-13-20(18)21-14-15-23(24-22(17)21,25-26(2,3)4)19-11-6-5-7-12-19/h5-13,16H,14-15H2,1-4H3. The summed E-state index contributed by atoms with van der Waals surface area (Å²) in [5, 5.41) is 2.58. The van der Waals surface area contributed by atoms with Crippen LogP contribution in [0.5, 0.6) is 5.75 Å². The molecule has 2 nitrogen and oxygen atoms in total. The van der Waals surface area contributed by atoms with E-state index in [0.29, 0.717) is 0 Å². The first-order chi connectivity index (χ1) is 12.4. The maximum Gasteiger partial charge on any atom is 0.228 e. The Morgan fingerprint density at radius 3 is 2.38 bits per heavy atom. The van der Waals surface area contributed by atoms with Gasteiger partial charge in [-0.25, -0.2) is 0 Å². The third-order valence-corrected chi connectivity index (χ3v) is 5.89. The van der Waals surface area contributed by atoms with Crippen LogP contribution in [-0.4, -0.2) is 8.32 Å². The summed E-state index contributed by atoms with van der Waals surface area (Å²) in [6.07, 6.45) is 1.79. The third kappa shape index (κ3) is 3.06. The van der Waals surface area contributed by atoms with Crippen molar-refractivity contribution in [3.8, 4) is 5.75 Å². The van der Waals surface area contributed by atoms with E-state index < -0.39 is 14.1 Å². The summed E-state index contributed by atoms with van der Waals surface area (Å²) in [5.41, 5.74) is 3.60. The minimum Gasteiger partial charge on any atom is -0.458 e. The van der Waals surface area contributed by atoms with E-state index in [2.05, 4.69) is 81.2 Å². The Morgan fingerprint density at radius 2 is 1.65 bits per heavy atom. The maximum absolute atomic E-state index is 6.73. The molecular weight excluding hydrogens is 336 g/mol. The fourth-order valence-electron chi connectivity index (χ4n) is 3.97. The van der Waals surface area contributed by atoms with Crippen molar-refractivity contribution in [2.24, 2.45) is 0 Å². The first-order valence-corrected chi connectivity index (χ1v) is 12.7. The summed E-state index contributed by atoms with van der Waals surface area (Å²) < 4.78 is 13.4. The van der Waals surface area contributed by atoms with Gasteiger partial charge in [0.15, 0.2) is 8.32 Å². The highest BCUT2D eigenvalue weighted by Gasteiger charge is 2.43. The minimum absolute atomic E-state index is 0.689. The molecule has 1 atom stereocenters. The second-order valence-corrected chi connectivity index (χ2v) is 12.6. The Labute approximate surface area is 156 Å². The van der Waals surface area contributed by atoms with Gasteiger partial charge in [0.25, 0.3) is 0 Å². The van der Waals surface area contributed by atoms with Crippen molar-refractivity contribution < 1.29 is 9.16 Å². The lowest BCUT2D eigenvalue weighted by Gasteiger charge is -2.43. The predicted molar refractivity (Wildman–Crippen MR) is 110 cm³/mol. The maximum atomic E-state index is 6.73. The van der Waals surface area contributed by atoms with Crippen molar-refractivity contribution in [2.45, 2.75) is 45.2 Å². The first-order valence-electron chi connectivity index (χ1n) is 9.34. The topological polar surface area (TPSA) is 18.5 Å². The lowest BCUT2D eigenvalue weighted by Crippen LogP contribution is -2.47. The fraction of sp³-hybridized carbons (Fsp3) is 0.304. The molecule has 1 aliphatic heterocycles. The lowest BCUT2D eigenvalue weighted by molar-refractivity contribution is -0.142. The normalized spacial score (nSPS) is 19.8. The quantitative estimate of drug-likeness (QED) is 0.518. The van der Waals surface area contributed by atoms with E-state index >= 15 is 0 Å². The SMILES string of the molecule is Cc1cc2ccccc2c2c1OC(O[Si](C)(C)C)(c1ccccc1)CC2. The monoisotopic (exact) mass is 362 g/mol. The number of benzene rings is 3. The molecule has 3 aromatic carbocycles. The summed E-state index contributed by atoms with van der Waals surface area (Å²) in [6, 6.07) is 21.2. The van der Waals surface area contributed by atoms with Gasteiger partial charge in [-0.05, 0) is 55.4 Å². The lowest BCUT2D eigenvalue weighted by atomic mass is 9.90.